The lowest BCUT2D eigenvalue weighted by Gasteiger charge is -2.14. The monoisotopic (exact) mass is 330 g/mol. The van der Waals surface area contributed by atoms with Crippen LogP contribution in [0.2, 0.25) is 5.02 Å². The second-order valence-electron chi connectivity index (χ2n) is 4.03. The van der Waals surface area contributed by atoms with Crippen molar-refractivity contribution in [2.24, 2.45) is 0 Å². The summed E-state index contributed by atoms with van der Waals surface area (Å²) in [5.41, 5.74) is 2.25. The van der Waals surface area contributed by atoms with E-state index < -0.39 is 11.6 Å². The molecule has 0 fully saturated rings. The van der Waals surface area contributed by atoms with E-state index in [9.17, 15) is 8.78 Å². The number of halogens is 4. The van der Waals surface area contributed by atoms with E-state index in [4.69, 9.17) is 11.6 Å². The molecule has 2 rings (SSSR count). The van der Waals surface area contributed by atoms with Crippen LogP contribution in [0.15, 0.2) is 36.4 Å². The molecule has 0 nitrogen and oxygen atoms in total. The van der Waals surface area contributed by atoms with Gasteiger partial charge in [0.05, 0.1) is 4.83 Å². The lowest BCUT2D eigenvalue weighted by molar-refractivity contribution is 0.574. The summed E-state index contributed by atoms with van der Waals surface area (Å²) >= 11 is 9.37. The van der Waals surface area contributed by atoms with Gasteiger partial charge in [-0.1, -0.05) is 39.7 Å². The van der Waals surface area contributed by atoms with Crippen molar-refractivity contribution in [2.45, 2.75) is 11.8 Å². The Morgan fingerprint density at radius 1 is 1.06 bits per heavy atom. The van der Waals surface area contributed by atoms with Gasteiger partial charge in [0.25, 0.3) is 0 Å². The Bertz CT molecular complexity index is 584. The molecule has 4 heteroatoms. The molecule has 0 N–H and O–H groups in total. The molecule has 0 radical (unpaired) electrons. The minimum atomic E-state index is -0.584. The van der Waals surface area contributed by atoms with Gasteiger partial charge < -0.3 is 0 Å². The molecular formula is C14H10BrClF2. The van der Waals surface area contributed by atoms with Gasteiger partial charge >= 0.3 is 0 Å². The number of alkyl halides is 1. The summed E-state index contributed by atoms with van der Waals surface area (Å²) in [5.74, 6) is -1.16. The van der Waals surface area contributed by atoms with Crippen LogP contribution >= 0.6 is 27.5 Å². The molecule has 0 saturated heterocycles. The van der Waals surface area contributed by atoms with Crippen LogP contribution in [0.3, 0.4) is 0 Å². The molecular weight excluding hydrogens is 322 g/mol. The summed E-state index contributed by atoms with van der Waals surface area (Å²) in [6.45, 7) is 1.92. The average molecular weight is 332 g/mol. The first-order chi connectivity index (χ1) is 8.49. The number of aryl methyl sites for hydroxylation is 1. The fourth-order valence-electron chi connectivity index (χ4n) is 1.76. The highest BCUT2D eigenvalue weighted by molar-refractivity contribution is 9.09. The predicted molar refractivity (Wildman–Crippen MR) is 73.3 cm³/mol. The average Bonchev–Trinajstić information content (AvgIpc) is 2.31. The Morgan fingerprint density at radius 2 is 1.78 bits per heavy atom. The van der Waals surface area contributed by atoms with Crippen molar-refractivity contribution >= 4 is 27.5 Å². The van der Waals surface area contributed by atoms with Gasteiger partial charge in [-0.2, -0.15) is 0 Å². The van der Waals surface area contributed by atoms with Crippen molar-refractivity contribution < 1.29 is 8.78 Å². The molecule has 0 aliphatic heterocycles. The smallest absolute Gasteiger partial charge is 0.130 e. The van der Waals surface area contributed by atoms with E-state index in [1.807, 2.05) is 13.0 Å². The molecule has 1 unspecified atom stereocenters. The van der Waals surface area contributed by atoms with Gasteiger partial charge in [0.1, 0.15) is 11.6 Å². The third-order valence-corrected chi connectivity index (χ3v) is 3.97. The SMILES string of the molecule is Cc1ccc(Cl)cc1C(Br)c1ccc(F)cc1F. The van der Waals surface area contributed by atoms with E-state index in [1.165, 1.54) is 12.1 Å². The van der Waals surface area contributed by atoms with E-state index in [0.29, 0.717) is 10.6 Å². The molecule has 0 bridgehead atoms. The van der Waals surface area contributed by atoms with E-state index >= 15 is 0 Å². The van der Waals surface area contributed by atoms with Crippen LogP contribution in [0.25, 0.3) is 0 Å². The van der Waals surface area contributed by atoms with E-state index in [2.05, 4.69) is 15.9 Å². The van der Waals surface area contributed by atoms with Gasteiger partial charge in [-0.15, -0.1) is 0 Å². The molecule has 0 amide bonds. The quantitative estimate of drug-likeness (QED) is 0.645. The zero-order valence-corrected chi connectivity index (χ0v) is 11.9. The van der Waals surface area contributed by atoms with Crippen molar-refractivity contribution in [3.8, 4) is 0 Å². The van der Waals surface area contributed by atoms with Gasteiger partial charge in [-0.05, 0) is 36.2 Å². The van der Waals surface area contributed by atoms with Crippen molar-refractivity contribution in [3.63, 3.8) is 0 Å². The second-order valence-corrected chi connectivity index (χ2v) is 5.38. The molecule has 0 aromatic heterocycles. The standard InChI is InChI=1S/C14H10BrClF2/c1-8-2-3-9(16)6-12(8)14(15)11-5-4-10(17)7-13(11)18/h2-7,14H,1H3. The third kappa shape index (κ3) is 2.73. The van der Waals surface area contributed by atoms with E-state index in [1.54, 1.807) is 12.1 Å². The fourth-order valence-corrected chi connectivity index (χ4v) is 2.80. The van der Waals surface area contributed by atoms with Crippen LogP contribution in [0.5, 0.6) is 0 Å². The molecule has 1 atom stereocenters. The molecule has 2 aromatic rings. The van der Waals surface area contributed by atoms with Crippen LogP contribution in [0.4, 0.5) is 8.78 Å². The Balaban J connectivity index is 2.47. The van der Waals surface area contributed by atoms with Gasteiger partial charge in [-0.3, -0.25) is 0 Å². The van der Waals surface area contributed by atoms with Crippen LogP contribution in [0.1, 0.15) is 21.5 Å². The first-order valence-corrected chi connectivity index (χ1v) is 6.63. The highest BCUT2D eigenvalue weighted by Crippen LogP contribution is 2.35. The lowest BCUT2D eigenvalue weighted by Crippen LogP contribution is -1.99. The third-order valence-electron chi connectivity index (χ3n) is 2.75. The minimum absolute atomic E-state index is 0.350. The Labute approximate surface area is 118 Å². The molecule has 0 spiro atoms. The van der Waals surface area contributed by atoms with Crippen LogP contribution < -0.4 is 0 Å². The summed E-state index contributed by atoms with van der Waals surface area (Å²) in [6.07, 6.45) is 0. The molecule has 18 heavy (non-hydrogen) atoms. The Kier molecular flexibility index (Phi) is 4.03. The zero-order chi connectivity index (χ0) is 13.3. The molecule has 94 valence electrons. The summed E-state index contributed by atoms with van der Waals surface area (Å²) in [5, 5.41) is 0.586. The molecule has 0 saturated carbocycles. The highest BCUT2D eigenvalue weighted by Gasteiger charge is 2.17. The zero-order valence-electron chi connectivity index (χ0n) is 9.55. The van der Waals surface area contributed by atoms with Crippen molar-refractivity contribution in [1.82, 2.24) is 0 Å². The summed E-state index contributed by atoms with van der Waals surface area (Å²) < 4.78 is 26.6. The van der Waals surface area contributed by atoms with Crippen molar-refractivity contribution in [1.29, 1.82) is 0 Å². The molecule has 0 aliphatic rings. The first kappa shape index (κ1) is 13.5. The van der Waals surface area contributed by atoms with Gasteiger partial charge in [0, 0.05) is 16.7 Å². The van der Waals surface area contributed by atoms with Crippen LogP contribution in [-0.2, 0) is 0 Å². The lowest BCUT2D eigenvalue weighted by atomic mass is 10.00. The van der Waals surface area contributed by atoms with Gasteiger partial charge in [-0.25, -0.2) is 8.78 Å². The summed E-state index contributed by atoms with van der Waals surface area (Å²) in [4.78, 5) is -0.350. The molecule has 0 heterocycles. The highest BCUT2D eigenvalue weighted by atomic mass is 79.9. The largest absolute Gasteiger partial charge is 0.207 e. The summed E-state index contributed by atoms with van der Waals surface area (Å²) in [7, 11) is 0. The minimum Gasteiger partial charge on any atom is -0.207 e. The fraction of sp³-hybridized carbons (Fsp3) is 0.143. The van der Waals surface area contributed by atoms with E-state index in [-0.39, 0.29) is 4.83 Å². The van der Waals surface area contributed by atoms with Gasteiger partial charge in [0.2, 0.25) is 0 Å². The number of rotatable bonds is 2. The first-order valence-electron chi connectivity index (χ1n) is 5.34. The number of hydrogen-bond donors (Lipinski definition) is 0. The number of benzene rings is 2. The van der Waals surface area contributed by atoms with E-state index in [0.717, 1.165) is 17.2 Å². The molecule has 0 aliphatic carbocycles. The van der Waals surface area contributed by atoms with Gasteiger partial charge in [0.15, 0.2) is 0 Å². The Hall–Kier alpha value is -0.930. The maximum Gasteiger partial charge on any atom is 0.130 e. The topological polar surface area (TPSA) is 0 Å². The number of hydrogen-bond acceptors (Lipinski definition) is 0. The Morgan fingerprint density at radius 3 is 2.44 bits per heavy atom. The normalized spacial score (nSPS) is 12.5. The van der Waals surface area contributed by atoms with Crippen LogP contribution in [-0.4, -0.2) is 0 Å². The maximum atomic E-state index is 13.7. The van der Waals surface area contributed by atoms with Crippen LogP contribution in [0, 0.1) is 18.6 Å². The molecule has 2 aromatic carbocycles. The summed E-state index contributed by atoms with van der Waals surface area (Å²) in [6, 6.07) is 8.98. The van der Waals surface area contributed by atoms with Crippen molar-refractivity contribution in [3.05, 3.63) is 69.7 Å². The second kappa shape index (κ2) is 5.37. The maximum absolute atomic E-state index is 13.7. The predicted octanol–water partition coefficient (Wildman–Crippen LogP) is 5.41. The van der Waals surface area contributed by atoms with Crippen molar-refractivity contribution in [2.75, 3.05) is 0 Å².